The van der Waals surface area contributed by atoms with Crippen LogP contribution in [0.4, 0.5) is 11.6 Å². The topological polar surface area (TPSA) is 84.4 Å². The van der Waals surface area contributed by atoms with Gasteiger partial charge < -0.3 is 15.0 Å². The van der Waals surface area contributed by atoms with Crippen molar-refractivity contribution in [1.82, 2.24) is 14.9 Å². The first kappa shape index (κ1) is 17.8. The van der Waals surface area contributed by atoms with E-state index in [1.807, 2.05) is 4.90 Å². The molecule has 1 N–H and O–H groups in total. The number of carbonyl (C=O) groups is 2. The third kappa shape index (κ3) is 4.17. The van der Waals surface area contributed by atoms with Crippen molar-refractivity contribution < 1.29 is 14.3 Å². The van der Waals surface area contributed by atoms with Crippen molar-refractivity contribution in [1.29, 1.82) is 0 Å². The van der Waals surface area contributed by atoms with E-state index in [0.717, 1.165) is 25.9 Å². The SMILES string of the molecule is COC(=O)c1cccc(Nc2ncc(C(=O)N3CCCC(C)C3)cn2)c1. The van der Waals surface area contributed by atoms with E-state index >= 15 is 0 Å². The number of carbonyl (C=O) groups excluding carboxylic acids is 2. The van der Waals surface area contributed by atoms with Crippen LogP contribution in [-0.4, -0.2) is 46.9 Å². The van der Waals surface area contributed by atoms with Gasteiger partial charge in [-0.15, -0.1) is 0 Å². The zero-order valence-electron chi connectivity index (χ0n) is 14.9. The molecular formula is C19H22N4O3. The van der Waals surface area contributed by atoms with E-state index in [4.69, 9.17) is 4.74 Å². The van der Waals surface area contributed by atoms with Gasteiger partial charge in [0.15, 0.2) is 0 Å². The molecule has 1 atom stereocenters. The lowest BCUT2D eigenvalue weighted by Gasteiger charge is -2.30. The molecule has 1 unspecified atom stereocenters. The summed E-state index contributed by atoms with van der Waals surface area (Å²) >= 11 is 0. The first-order valence-electron chi connectivity index (χ1n) is 8.63. The highest BCUT2D eigenvalue weighted by molar-refractivity contribution is 5.94. The summed E-state index contributed by atoms with van der Waals surface area (Å²) in [5.74, 6) is 0.439. The van der Waals surface area contributed by atoms with Crippen LogP contribution >= 0.6 is 0 Å². The Morgan fingerprint density at radius 3 is 2.69 bits per heavy atom. The van der Waals surface area contributed by atoms with Gasteiger partial charge in [-0.1, -0.05) is 13.0 Å². The van der Waals surface area contributed by atoms with Gasteiger partial charge in [0.2, 0.25) is 5.95 Å². The molecule has 1 fully saturated rings. The van der Waals surface area contributed by atoms with E-state index in [9.17, 15) is 9.59 Å². The molecule has 136 valence electrons. The molecule has 0 aliphatic carbocycles. The fraction of sp³-hybridized carbons (Fsp3) is 0.368. The molecule has 1 aliphatic rings. The number of hydrogen-bond acceptors (Lipinski definition) is 6. The van der Waals surface area contributed by atoms with Crippen LogP contribution in [0.5, 0.6) is 0 Å². The average Bonchev–Trinajstić information content (AvgIpc) is 2.67. The highest BCUT2D eigenvalue weighted by Crippen LogP contribution is 2.19. The van der Waals surface area contributed by atoms with Gasteiger partial charge in [0, 0.05) is 31.2 Å². The van der Waals surface area contributed by atoms with Crippen LogP contribution in [0.1, 0.15) is 40.5 Å². The largest absolute Gasteiger partial charge is 0.465 e. The molecule has 0 bridgehead atoms. The first-order chi connectivity index (χ1) is 12.6. The van der Waals surface area contributed by atoms with Crippen molar-refractivity contribution in [2.24, 2.45) is 5.92 Å². The lowest BCUT2D eigenvalue weighted by molar-refractivity contribution is 0.0600. The minimum absolute atomic E-state index is 0.0317. The minimum atomic E-state index is -0.411. The molecule has 7 heteroatoms. The van der Waals surface area contributed by atoms with Crippen LogP contribution in [0.3, 0.4) is 0 Å². The number of anilines is 2. The number of rotatable bonds is 4. The monoisotopic (exact) mass is 354 g/mol. The van der Waals surface area contributed by atoms with Crippen molar-refractivity contribution in [3.8, 4) is 0 Å². The Morgan fingerprint density at radius 1 is 1.23 bits per heavy atom. The van der Waals surface area contributed by atoms with E-state index in [1.165, 1.54) is 19.5 Å². The van der Waals surface area contributed by atoms with Gasteiger partial charge in [-0.05, 0) is 37.0 Å². The number of hydrogen-bond donors (Lipinski definition) is 1. The van der Waals surface area contributed by atoms with Crippen molar-refractivity contribution in [2.45, 2.75) is 19.8 Å². The maximum Gasteiger partial charge on any atom is 0.337 e. The van der Waals surface area contributed by atoms with Crippen LogP contribution in [0.2, 0.25) is 0 Å². The number of nitrogens with zero attached hydrogens (tertiary/aromatic N) is 3. The molecule has 0 radical (unpaired) electrons. The summed E-state index contributed by atoms with van der Waals surface area (Å²) in [7, 11) is 1.34. The number of esters is 1. The van der Waals surface area contributed by atoms with Crippen molar-refractivity contribution in [3.05, 3.63) is 47.8 Å². The zero-order valence-corrected chi connectivity index (χ0v) is 14.9. The predicted octanol–water partition coefficient (Wildman–Crippen LogP) is 2.88. The second-order valence-corrected chi connectivity index (χ2v) is 6.49. The number of ether oxygens (including phenoxy) is 1. The van der Waals surface area contributed by atoms with Gasteiger partial charge in [-0.3, -0.25) is 4.79 Å². The Balaban J connectivity index is 1.68. The van der Waals surface area contributed by atoms with Crippen LogP contribution in [0, 0.1) is 5.92 Å². The van der Waals surface area contributed by atoms with Gasteiger partial charge in [0.25, 0.3) is 5.91 Å². The second-order valence-electron chi connectivity index (χ2n) is 6.49. The van der Waals surface area contributed by atoms with Crippen LogP contribution in [0.25, 0.3) is 0 Å². The number of aromatic nitrogens is 2. The smallest absolute Gasteiger partial charge is 0.337 e. The first-order valence-corrected chi connectivity index (χ1v) is 8.63. The lowest BCUT2D eigenvalue weighted by atomic mass is 10.00. The third-order valence-electron chi connectivity index (χ3n) is 4.38. The van der Waals surface area contributed by atoms with E-state index in [0.29, 0.717) is 28.7 Å². The summed E-state index contributed by atoms with van der Waals surface area (Å²) in [6, 6.07) is 6.86. The maximum atomic E-state index is 12.5. The van der Waals surface area contributed by atoms with Gasteiger partial charge in [0.05, 0.1) is 18.2 Å². The number of piperidine rings is 1. The minimum Gasteiger partial charge on any atom is -0.465 e. The lowest BCUT2D eigenvalue weighted by Crippen LogP contribution is -2.39. The summed E-state index contributed by atoms with van der Waals surface area (Å²) in [5, 5.41) is 3.02. The van der Waals surface area contributed by atoms with E-state index in [2.05, 4.69) is 22.2 Å². The van der Waals surface area contributed by atoms with Gasteiger partial charge in [-0.25, -0.2) is 14.8 Å². The van der Waals surface area contributed by atoms with Crippen molar-refractivity contribution in [2.75, 3.05) is 25.5 Å². The van der Waals surface area contributed by atoms with Crippen LogP contribution < -0.4 is 5.32 Å². The molecule has 2 heterocycles. The fourth-order valence-electron chi connectivity index (χ4n) is 3.03. The Bertz CT molecular complexity index is 792. The van der Waals surface area contributed by atoms with Crippen molar-refractivity contribution in [3.63, 3.8) is 0 Å². The number of likely N-dealkylation sites (tertiary alicyclic amines) is 1. The Hall–Kier alpha value is -2.96. The molecule has 1 aromatic heterocycles. The fourth-order valence-corrected chi connectivity index (χ4v) is 3.03. The number of methoxy groups -OCH3 is 1. The van der Waals surface area contributed by atoms with Gasteiger partial charge >= 0.3 is 5.97 Å². The highest BCUT2D eigenvalue weighted by atomic mass is 16.5. The standard InChI is InChI=1S/C19H22N4O3/c1-13-5-4-8-23(12-13)17(24)15-10-20-19(21-11-15)22-16-7-3-6-14(9-16)18(25)26-2/h3,6-7,9-11,13H,4-5,8,12H2,1-2H3,(H,20,21,22). The van der Waals surface area contributed by atoms with E-state index in [1.54, 1.807) is 24.3 Å². The van der Waals surface area contributed by atoms with Crippen LogP contribution in [0.15, 0.2) is 36.7 Å². The van der Waals surface area contributed by atoms with Gasteiger partial charge in [-0.2, -0.15) is 0 Å². The Labute approximate surface area is 152 Å². The van der Waals surface area contributed by atoms with E-state index in [-0.39, 0.29) is 5.91 Å². The average molecular weight is 354 g/mol. The molecule has 2 aromatic rings. The molecule has 26 heavy (non-hydrogen) atoms. The number of amides is 1. The predicted molar refractivity (Wildman–Crippen MR) is 97.4 cm³/mol. The molecule has 1 amide bonds. The zero-order chi connectivity index (χ0) is 18.5. The molecule has 0 spiro atoms. The summed E-state index contributed by atoms with van der Waals surface area (Å²) in [6.45, 7) is 3.72. The molecular weight excluding hydrogens is 332 g/mol. The highest BCUT2D eigenvalue weighted by Gasteiger charge is 2.22. The number of nitrogens with one attached hydrogen (secondary N) is 1. The molecule has 1 aliphatic heterocycles. The van der Waals surface area contributed by atoms with Gasteiger partial charge in [0.1, 0.15) is 0 Å². The van der Waals surface area contributed by atoms with Crippen LogP contribution in [-0.2, 0) is 4.74 Å². The molecule has 1 aromatic carbocycles. The third-order valence-corrected chi connectivity index (χ3v) is 4.38. The van der Waals surface area contributed by atoms with E-state index < -0.39 is 5.97 Å². The second kappa shape index (κ2) is 7.95. The number of benzene rings is 1. The molecule has 0 saturated carbocycles. The molecule has 3 rings (SSSR count). The molecule has 7 nitrogen and oxygen atoms in total. The normalized spacial score (nSPS) is 16.8. The Morgan fingerprint density at radius 2 is 2.00 bits per heavy atom. The van der Waals surface area contributed by atoms with Crippen molar-refractivity contribution >= 4 is 23.5 Å². The summed E-state index contributed by atoms with van der Waals surface area (Å²) in [4.78, 5) is 34.4. The summed E-state index contributed by atoms with van der Waals surface area (Å²) in [5.41, 5.74) is 1.58. The summed E-state index contributed by atoms with van der Waals surface area (Å²) < 4.78 is 4.71. The summed E-state index contributed by atoms with van der Waals surface area (Å²) in [6.07, 6.45) is 5.25. The quantitative estimate of drug-likeness (QED) is 0.850. The maximum absolute atomic E-state index is 12.5. The molecule has 1 saturated heterocycles. The Kier molecular flexibility index (Phi) is 5.46.